The predicted molar refractivity (Wildman–Crippen MR) is 107 cm³/mol. The van der Waals surface area contributed by atoms with Crippen LogP contribution in [-0.2, 0) is 9.13 Å². The molecule has 142 valence electrons. The maximum absolute atomic E-state index is 12.8. The van der Waals surface area contributed by atoms with Gasteiger partial charge in [0.1, 0.15) is 0 Å². The van der Waals surface area contributed by atoms with Gasteiger partial charge in [-0.25, -0.2) is 0 Å². The molecule has 8 heteroatoms. The van der Waals surface area contributed by atoms with E-state index in [1.165, 1.54) is 72.8 Å². The van der Waals surface area contributed by atoms with Gasteiger partial charge in [-0.05, 0) is 24.3 Å². The molecule has 0 aliphatic rings. The van der Waals surface area contributed by atoms with Crippen LogP contribution >= 0.6 is 14.7 Å². The molecule has 3 rings (SSSR count). The molecule has 2 atom stereocenters. The minimum atomic E-state index is -4.51. The van der Waals surface area contributed by atoms with E-state index in [0.717, 1.165) is 0 Å². The van der Waals surface area contributed by atoms with Crippen molar-refractivity contribution in [3.8, 4) is 0 Å². The summed E-state index contributed by atoms with van der Waals surface area (Å²) in [5.41, 5.74) is -3.08. The van der Waals surface area contributed by atoms with Crippen molar-refractivity contribution in [1.29, 1.82) is 0 Å². The Kier molecular flexibility index (Phi) is 5.59. The number of carbonyl (C=O) groups excluding carboxylic acids is 2. The molecule has 0 aromatic heterocycles. The lowest BCUT2D eigenvalue weighted by molar-refractivity contribution is 0.103. The van der Waals surface area contributed by atoms with Gasteiger partial charge in [0.15, 0.2) is 0 Å². The Bertz CT molecular complexity index is 1040. The first-order chi connectivity index (χ1) is 13.3. The molecule has 0 heterocycles. The fourth-order valence-corrected chi connectivity index (χ4v) is 5.34. The maximum atomic E-state index is 12.8. The summed E-state index contributed by atoms with van der Waals surface area (Å²) < 4.78 is 25.5. The van der Waals surface area contributed by atoms with Crippen molar-refractivity contribution in [3.05, 3.63) is 96.1 Å². The first-order valence-corrected chi connectivity index (χ1v) is 11.5. The van der Waals surface area contributed by atoms with E-state index in [0.29, 0.717) is 0 Å². The number of hydrogen-bond donors (Lipinski definition) is 2. The fraction of sp³-hybridized carbons (Fsp3) is 0. The van der Waals surface area contributed by atoms with E-state index in [9.17, 15) is 28.5 Å². The molecule has 0 aliphatic heterocycles. The minimum absolute atomic E-state index is 0.0857. The third kappa shape index (κ3) is 3.68. The molecule has 0 radical (unpaired) electrons. The second kappa shape index (κ2) is 7.78. The summed E-state index contributed by atoms with van der Waals surface area (Å²) in [6, 6.07) is 19.9. The van der Waals surface area contributed by atoms with Gasteiger partial charge in [-0.2, -0.15) is 0 Å². The van der Waals surface area contributed by atoms with Crippen LogP contribution in [0.2, 0.25) is 0 Å². The van der Waals surface area contributed by atoms with Crippen LogP contribution in [-0.4, -0.2) is 20.8 Å². The second-order valence-electron chi connectivity index (χ2n) is 5.98. The average Bonchev–Trinajstić information content (AvgIpc) is 2.74. The standard InChI is InChI=1S/C20H16O6P2/c21-19(27(23,24)15-9-3-1-4-10-15)17-13-7-8-14-18(17)20(22)28(25,26)16-11-5-2-6-12-16/h1-14H,(H,23,24)(H,25,26). The van der Waals surface area contributed by atoms with Crippen LogP contribution in [0.5, 0.6) is 0 Å². The zero-order valence-corrected chi connectivity index (χ0v) is 16.3. The number of rotatable bonds is 6. The first kappa shape index (κ1) is 20.1. The molecule has 0 bridgehead atoms. The summed E-state index contributed by atoms with van der Waals surface area (Å²) in [4.78, 5) is 46.4. The number of carbonyl (C=O) groups is 2. The molecule has 0 aliphatic carbocycles. The molecule has 0 spiro atoms. The third-order valence-corrected chi connectivity index (χ3v) is 7.73. The van der Waals surface area contributed by atoms with Crippen LogP contribution in [0, 0.1) is 0 Å². The highest BCUT2D eigenvalue weighted by Gasteiger charge is 2.39. The van der Waals surface area contributed by atoms with Crippen LogP contribution in [0.1, 0.15) is 20.7 Å². The molecule has 0 amide bonds. The Morgan fingerprint density at radius 3 is 1.14 bits per heavy atom. The predicted octanol–water partition coefficient (Wildman–Crippen LogP) is 3.16. The molecule has 0 saturated carbocycles. The minimum Gasteiger partial charge on any atom is -0.336 e. The third-order valence-electron chi connectivity index (χ3n) is 4.15. The van der Waals surface area contributed by atoms with E-state index in [1.807, 2.05) is 0 Å². The quantitative estimate of drug-likeness (QED) is 0.600. The van der Waals surface area contributed by atoms with Crippen molar-refractivity contribution >= 4 is 36.4 Å². The monoisotopic (exact) mass is 414 g/mol. The summed E-state index contributed by atoms with van der Waals surface area (Å²) in [5, 5.41) is -0.171. The Labute approximate surface area is 161 Å². The van der Waals surface area contributed by atoms with E-state index in [4.69, 9.17) is 0 Å². The highest BCUT2D eigenvalue weighted by molar-refractivity contribution is 7.83. The number of hydrogen-bond acceptors (Lipinski definition) is 4. The molecule has 2 N–H and O–H groups in total. The molecular formula is C20H16O6P2. The van der Waals surface area contributed by atoms with Crippen LogP contribution in [0.25, 0.3) is 0 Å². The highest BCUT2D eigenvalue weighted by Crippen LogP contribution is 2.47. The van der Waals surface area contributed by atoms with Crippen molar-refractivity contribution in [2.24, 2.45) is 0 Å². The molecule has 0 saturated heterocycles. The second-order valence-corrected chi connectivity index (χ2v) is 10.1. The molecule has 0 fully saturated rings. The summed E-state index contributed by atoms with van der Waals surface area (Å²) in [5.74, 6) is 0. The van der Waals surface area contributed by atoms with E-state index < -0.39 is 25.8 Å². The van der Waals surface area contributed by atoms with E-state index >= 15 is 0 Å². The van der Waals surface area contributed by atoms with Gasteiger partial charge in [-0.15, -0.1) is 0 Å². The Hall–Kier alpha value is -2.62. The van der Waals surface area contributed by atoms with E-state index in [-0.39, 0.29) is 21.7 Å². The zero-order chi connectivity index (χ0) is 20.4. The highest BCUT2D eigenvalue weighted by atomic mass is 31.2. The van der Waals surface area contributed by atoms with Crippen molar-refractivity contribution in [1.82, 2.24) is 0 Å². The summed E-state index contributed by atoms with van der Waals surface area (Å²) in [6.45, 7) is 0. The lowest BCUT2D eigenvalue weighted by atomic mass is 10.1. The van der Waals surface area contributed by atoms with Crippen molar-refractivity contribution in [3.63, 3.8) is 0 Å². The topological polar surface area (TPSA) is 109 Å². The number of benzene rings is 3. The molecular weight excluding hydrogens is 398 g/mol. The fourth-order valence-electron chi connectivity index (χ4n) is 2.68. The maximum Gasteiger partial charge on any atom is 0.298 e. The largest absolute Gasteiger partial charge is 0.336 e. The van der Waals surface area contributed by atoms with Crippen molar-refractivity contribution in [2.45, 2.75) is 0 Å². The molecule has 2 unspecified atom stereocenters. The Morgan fingerprint density at radius 2 is 0.821 bits per heavy atom. The first-order valence-electron chi connectivity index (χ1n) is 8.22. The lowest BCUT2D eigenvalue weighted by Crippen LogP contribution is -2.18. The smallest absolute Gasteiger partial charge is 0.298 e. The normalized spacial score (nSPS) is 15.2. The summed E-state index contributed by atoms with van der Waals surface area (Å²) in [6.07, 6.45) is 0. The van der Waals surface area contributed by atoms with Gasteiger partial charge in [0.2, 0.25) is 0 Å². The van der Waals surface area contributed by atoms with E-state index in [2.05, 4.69) is 0 Å². The van der Waals surface area contributed by atoms with Gasteiger partial charge in [0.05, 0.1) is 0 Å². The zero-order valence-electron chi connectivity index (χ0n) is 14.5. The van der Waals surface area contributed by atoms with Gasteiger partial charge in [0.25, 0.3) is 25.8 Å². The Morgan fingerprint density at radius 1 is 0.536 bits per heavy atom. The van der Waals surface area contributed by atoms with E-state index in [1.54, 1.807) is 12.1 Å². The Balaban J connectivity index is 2.07. The van der Waals surface area contributed by atoms with Crippen LogP contribution < -0.4 is 10.6 Å². The van der Waals surface area contributed by atoms with Gasteiger partial charge in [0, 0.05) is 21.7 Å². The summed E-state index contributed by atoms with van der Waals surface area (Å²) in [7, 11) is -9.02. The van der Waals surface area contributed by atoms with Crippen LogP contribution in [0.4, 0.5) is 0 Å². The average molecular weight is 414 g/mol. The van der Waals surface area contributed by atoms with Gasteiger partial charge in [-0.3, -0.25) is 18.7 Å². The van der Waals surface area contributed by atoms with Gasteiger partial charge < -0.3 is 9.79 Å². The van der Waals surface area contributed by atoms with Crippen LogP contribution in [0.3, 0.4) is 0 Å². The van der Waals surface area contributed by atoms with Crippen molar-refractivity contribution < 1.29 is 28.5 Å². The van der Waals surface area contributed by atoms with Crippen molar-refractivity contribution in [2.75, 3.05) is 0 Å². The molecule has 28 heavy (non-hydrogen) atoms. The summed E-state index contributed by atoms with van der Waals surface area (Å²) >= 11 is 0. The lowest BCUT2D eigenvalue weighted by Gasteiger charge is -2.15. The molecule has 3 aromatic carbocycles. The molecule has 3 aromatic rings. The van der Waals surface area contributed by atoms with Crippen LogP contribution in [0.15, 0.2) is 84.9 Å². The van der Waals surface area contributed by atoms with Gasteiger partial charge in [-0.1, -0.05) is 60.7 Å². The SMILES string of the molecule is O=C(c1ccccc1C(=O)P(=O)(O)c1ccccc1)P(=O)(O)c1ccccc1. The van der Waals surface area contributed by atoms with Gasteiger partial charge >= 0.3 is 0 Å². The molecule has 6 nitrogen and oxygen atoms in total.